The minimum absolute atomic E-state index is 0.0363. The van der Waals surface area contributed by atoms with Crippen LogP contribution in [0.3, 0.4) is 0 Å². The van der Waals surface area contributed by atoms with Gasteiger partial charge in [-0.15, -0.1) is 0 Å². The maximum atomic E-state index is 11.1. The van der Waals surface area contributed by atoms with E-state index in [1.54, 1.807) is 6.34 Å². The lowest BCUT2D eigenvalue weighted by Crippen LogP contribution is -2.17. The molecule has 0 aromatic rings. The molecule has 0 saturated heterocycles. The fourth-order valence-electron chi connectivity index (χ4n) is 2.51. The molecule has 98 valence electrons. The van der Waals surface area contributed by atoms with Gasteiger partial charge in [0.25, 0.3) is 0 Å². The molecule has 1 saturated carbocycles. The lowest BCUT2D eigenvalue weighted by atomic mass is 9.92. The minimum Gasteiger partial charge on any atom is -0.458 e. The first kappa shape index (κ1) is 12.9. The van der Waals surface area contributed by atoms with Gasteiger partial charge in [0.1, 0.15) is 6.10 Å². The van der Waals surface area contributed by atoms with Gasteiger partial charge in [0.05, 0.1) is 12.0 Å². The molecule has 0 N–H and O–H groups in total. The molecule has 2 unspecified atom stereocenters. The summed E-state index contributed by atoms with van der Waals surface area (Å²) in [5.41, 5.74) is 2.20. The van der Waals surface area contributed by atoms with Crippen molar-refractivity contribution in [3.63, 3.8) is 0 Å². The molecule has 4 nitrogen and oxygen atoms in total. The lowest BCUT2D eigenvalue weighted by Gasteiger charge is -2.19. The van der Waals surface area contributed by atoms with Gasteiger partial charge in [0.2, 0.25) is 0 Å². The molecule has 18 heavy (non-hydrogen) atoms. The van der Waals surface area contributed by atoms with Crippen molar-refractivity contribution >= 4 is 12.3 Å². The van der Waals surface area contributed by atoms with Crippen molar-refractivity contribution in [2.45, 2.75) is 32.3 Å². The van der Waals surface area contributed by atoms with Crippen LogP contribution in [0.25, 0.3) is 0 Å². The summed E-state index contributed by atoms with van der Waals surface area (Å²) in [6.45, 7) is 1.47. The van der Waals surface area contributed by atoms with Crippen LogP contribution in [-0.4, -0.2) is 37.4 Å². The van der Waals surface area contributed by atoms with Gasteiger partial charge in [-0.3, -0.25) is 4.79 Å². The molecule has 0 aliphatic heterocycles. The summed E-state index contributed by atoms with van der Waals surface area (Å²) in [5.74, 6) is 0.335. The van der Waals surface area contributed by atoms with Crippen LogP contribution in [0.2, 0.25) is 0 Å². The average Bonchev–Trinajstić information content (AvgIpc) is 2.68. The lowest BCUT2D eigenvalue weighted by molar-refractivity contribution is -0.144. The molecule has 0 aromatic carbocycles. The number of esters is 1. The number of allylic oxidation sites excluding steroid dienone is 2. The third kappa shape index (κ3) is 3.00. The maximum Gasteiger partial charge on any atom is 0.303 e. The zero-order valence-corrected chi connectivity index (χ0v) is 11.2. The third-order valence-electron chi connectivity index (χ3n) is 3.29. The molecule has 1 fully saturated rings. The number of ether oxygens (including phenoxy) is 1. The fraction of sp³-hybridized carbons (Fsp3) is 0.571. The van der Waals surface area contributed by atoms with Crippen molar-refractivity contribution in [1.29, 1.82) is 0 Å². The second-order valence-electron chi connectivity index (χ2n) is 5.09. The van der Waals surface area contributed by atoms with E-state index in [1.165, 1.54) is 12.5 Å². The molecule has 0 radical (unpaired) electrons. The van der Waals surface area contributed by atoms with Crippen LogP contribution >= 0.6 is 0 Å². The van der Waals surface area contributed by atoms with Crippen LogP contribution in [0.1, 0.15) is 26.2 Å². The third-order valence-corrected chi connectivity index (χ3v) is 3.29. The Hall–Kier alpha value is -1.58. The largest absolute Gasteiger partial charge is 0.458 e. The Morgan fingerprint density at radius 1 is 1.50 bits per heavy atom. The molecule has 2 aliphatic carbocycles. The Morgan fingerprint density at radius 2 is 2.28 bits per heavy atom. The first-order valence-electron chi connectivity index (χ1n) is 6.35. The van der Waals surface area contributed by atoms with Gasteiger partial charge in [-0.25, -0.2) is 4.99 Å². The van der Waals surface area contributed by atoms with Crippen molar-refractivity contribution in [1.82, 2.24) is 4.90 Å². The summed E-state index contributed by atoms with van der Waals surface area (Å²) < 4.78 is 5.36. The highest BCUT2D eigenvalue weighted by Gasteiger charge is 2.33. The van der Waals surface area contributed by atoms with E-state index >= 15 is 0 Å². The predicted octanol–water partition coefficient (Wildman–Crippen LogP) is 2.13. The van der Waals surface area contributed by atoms with E-state index in [0.717, 1.165) is 25.0 Å². The van der Waals surface area contributed by atoms with Crippen LogP contribution in [0.15, 0.2) is 28.4 Å². The summed E-state index contributed by atoms with van der Waals surface area (Å²) >= 11 is 0. The number of carbonyl (C=O) groups excluding carboxylic acids is 1. The van der Waals surface area contributed by atoms with Crippen molar-refractivity contribution in [2.24, 2.45) is 10.9 Å². The summed E-state index contributed by atoms with van der Waals surface area (Å²) in [6.07, 6.45) is 9.03. The molecule has 2 rings (SSSR count). The van der Waals surface area contributed by atoms with Crippen LogP contribution in [0.5, 0.6) is 0 Å². The van der Waals surface area contributed by atoms with Crippen LogP contribution in [-0.2, 0) is 9.53 Å². The first-order chi connectivity index (χ1) is 8.56. The van der Waals surface area contributed by atoms with E-state index in [1.807, 2.05) is 19.0 Å². The van der Waals surface area contributed by atoms with Gasteiger partial charge in [0, 0.05) is 21.0 Å². The van der Waals surface area contributed by atoms with Crippen molar-refractivity contribution in [3.8, 4) is 0 Å². The summed E-state index contributed by atoms with van der Waals surface area (Å²) in [5, 5.41) is 0. The summed E-state index contributed by atoms with van der Waals surface area (Å²) in [4.78, 5) is 17.4. The number of nitrogens with zero attached hydrogens (tertiary/aromatic N) is 2. The maximum absolute atomic E-state index is 11.1. The van der Waals surface area contributed by atoms with E-state index in [0.29, 0.717) is 5.92 Å². The normalized spacial score (nSPS) is 26.6. The molecule has 0 bridgehead atoms. The highest BCUT2D eigenvalue weighted by Crippen LogP contribution is 2.39. The quantitative estimate of drug-likeness (QED) is 0.436. The van der Waals surface area contributed by atoms with Crippen molar-refractivity contribution in [3.05, 3.63) is 23.4 Å². The molecule has 2 aliphatic rings. The van der Waals surface area contributed by atoms with Crippen LogP contribution in [0.4, 0.5) is 0 Å². The molecule has 0 heterocycles. The fourth-order valence-corrected chi connectivity index (χ4v) is 2.51. The SMILES string of the molecule is CC(=O)OC1CCC2CC=C(N=CN(C)C)C=C21. The van der Waals surface area contributed by atoms with Crippen molar-refractivity contribution in [2.75, 3.05) is 14.1 Å². The topological polar surface area (TPSA) is 41.9 Å². The molecular weight excluding hydrogens is 228 g/mol. The molecule has 0 amide bonds. The highest BCUT2D eigenvalue weighted by molar-refractivity contribution is 5.66. The zero-order valence-electron chi connectivity index (χ0n) is 11.2. The number of aliphatic imine (C=N–C) groups is 1. The monoisotopic (exact) mass is 248 g/mol. The van der Waals surface area contributed by atoms with Gasteiger partial charge in [-0.05, 0) is 36.8 Å². The van der Waals surface area contributed by atoms with E-state index < -0.39 is 0 Å². The van der Waals surface area contributed by atoms with Crippen molar-refractivity contribution < 1.29 is 9.53 Å². The van der Waals surface area contributed by atoms with Crippen LogP contribution in [0, 0.1) is 5.92 Å². The molecule has 4 heteroatoms. The predicted molar refractivity (Wildman–Crippen MR) is 71.2 cm³/mol. The number of hydrogen-bond donors (Lipinski definition) is 0. The number of hydrogen-bond acceptors (Lipinski definition) is 3. The van der Waals surface area contributed by atoms with Crippen LogP contribution < -0.4 is 0 Å². The molecular formula is C14H20N2O2. The Bertz CT molecular complexity index is 422. The standard InChI is InChI=1S/C14H20N2O2/c1-10(17)18-14-7-5-11-4-6-12(8-13(11)14)15-9-16(2)3/h6,8-9,11,14H,4-5,7H2,1-3H3. The molecule has 0 spiro atoms. The van der Waals surface area contributed by atoms with Gasteiger partial charge < -0.3 is 9.64 Å². The Balaban J connectivity index is 2.10. The van der Waals surface area contributed by atoms with Gasteiger partial charge in [0.15, 0.2) is 0 Å². The Kier molecular flexibility index (Phi) is 3.84. The minimum atomic E-state index is -0.200. The second kappa shape index (κ2) is 5.38. The number of carbonyl (C=O) groups is 1. The zero-order chi connectivity index (χ0) is 13.1. The Labute approximate surface area is 108 Å². The van der Waals surface area contributed by atoms with E-state index in [4.69, 9.17) is 4.74 Å². The number of rotatable bonds is 3. The van der Waals surface area contributed by atoms with Gasteiger partial charge >= 0.3 is 5.97 Å². The van der Waals surface area contributed by atoms with E-state index in [-0.39, 0.29) is 12.1 Å². The molecule has 0 aromatic heterocycles. The number of fused-ring (bicyclic) bond motifs is 1. The Morgan fingerprint density at radius 3 is 2.94 bits per heavy atom. The van der Waals surface area contributed by atoms with Gasteiger partial charge in [-0.1, -0.05) is 6.08 Å². The summed E-state index contributed by atoms with van der Waals surface area (Å²) in [7, 11) is 3.89. The summed E-state index contributed by atoms with van der Waals surface area (Å²) in [6, 6.07) is 0. The average molecular weight is 248 g/mol. The van der Waals surface area contributed by atoms with E-state index in [9.17, 15) is 4.79 Å². The second-order valence-corrected chi connectivity index (χ2v) is 5.09. The smallest absolute Gasteiger partial charge is 0.303 e. The highest BCUT2D eigenvalue weighted by atomic mass is 16.5. The molecule has 2 atom stereocenters. The van der Waals surface area contributed by atoms with E-state index in [2.05, 4.69) is 17.1 Å². The first-order valence-corrected chi connectivity index (χ1v) is 6.35. The van der Waals surface area contributed by atoms with Gasteiger partial charge in [-0.2, -0.15) is 0 Å².